The Bertz CT molecular complexity index is 1750. The van der Waals surface area contributed by atoms with E-state index in [0.29, 0.717) is 20.6 Å². The summed E-state index contributed by atoms with van der Waals surface area (Å²) in [7, 11) is 5.57. The monoisotopic (exact) mass is 538 g/mol. The lowest BCUT2D eigenvalue weighted by atomic mass is 9.94. The molecule has 4 aromatic rings. The zero-order valence-electron chi connectivity index (χ0n) is 22.6. The van der Waals surface area contributed by atoms with Crippen LogP contribution in [0.1, 0.15) is 29.7 Å². The Labute approximate surface area is 231 Å². The standard InChI is InChI=1S/C31H30N4O3S/c1-19-8-6-7-9-25(19)33-29(36)27-20(2)32-31-35(28(27)22-12-14-23(15-13-22)34(3)4)30(37)26(39-31)18-21-10-16-24(38-5)17-11-21/h6-18,28H,1-5H3,(H,33,36)/b26-18+/t28-/m0/s1. The van der Waals surface area contributed by atoms with Crippen molar-refractivity contribution >= 4 is 34.7 Å². The molecule has 39 heavy (non-hydrogen) atoms. The van der Waals surface area contributed by atoms with Crippen LogP contribution in [0.15, 0.2) is 93.9 Å². The molecule has 1 aromatic heterocycles. The van der Waals surface area contributed by atoms with E-state index in [9.17, 15) is 9.59 Å². The first-order valence-electron chi connectivity index (χ1n) is 12.6. The summed E-state index contributed by atoms with van der Waals surface area (Å²) in [6.07, 6.45) is 1.85. The van der Waals surface area contributed by atoms with E-state index < -0.39 is 6.04 Å². The summed E-state index contributed by atoms with van der Waals surface area (Å²) in [5.74, 6) is 0.464. The molecule has 0 radical (unpaired) electrons. The number of hydrogen-bond donors (Lipinski definition) is 1. The van der Waals surface area contributed by atoms with E-state index in [1.165, 1.54) is 11.3 Å². The number of methoxy groups -OCH3 is 1. The Balaban J connectivity index is 1.65. The van der Waals surface area contributed by atoms with Crippen molar-refractivity contribution in [3.8, 4) is 5.75 Å². The number of aryl methyl sites for hydroxylation is 1. The fourth-order valence-corrected chi connectivity index (χ4v) is 5.68. The molecule has 5 rings (SSSR count). The second-order valence-electron chi connectivity index (χ2n) is 9.61. The first-order chi connectivity index (χ1) is 18.8. The minimum atomic E-state index is -0.625. The van der Waals surface area contributed by atoms with Crippen LogP contribution in [0.3, 0.4) is 0 Å². The van der Waals surface area contributed by atoms with Crippen LogP contribution >= 0.6 is 11.3 Å². The van der Waals surface area contributed by atoms with Gasteiger partial charge in [0.2, 0.25) is 0 Å². The number of anilines is 2. The third-order valence-electron chi connectivity index (χ3n) is 6.80. The van der Waals surface area contributed by atoms with Gasteiger partial charge in [-0.05, 0) is 66.9 Å². The van der Waals surface area contributed by atoms with E-state index in [0.717, 1.165) is 33.8 Å². The highest BCUT2D eigenvalue weighted by Crippen LogP contribution is 2.32. The number of nitrogens with one attached hydrogen (secondary N) is 1. The van der Waals surface area contributed by atoms with Gasteiger partial charge in [0.05, 0.1) is 29.0 Å². The van der Waals surface area contributed by atoms with Gasteiger partial charge in [-0.2, -0.15) is 0 Å². The largest absolute Gasteiger partial charge is 0.497 e. The quantitative estimate of drug-likeness (QED) is 0.398. The van der Waals surface area contributed by atoms with Crippen LogP contribution in [0.2, 0.25) is 0 Å². The lowest BCUT2D eigenvalue weighted by Gasteiger charge is -2.26. The van der Waals surface area contributed by atoms with Crippen LogP contribution in [0, 0.1) is 6.92 Å². The maximum atomic E-state index is 13.9. The Kier molecular flexibility index (Phi) is 7.21. The average molecular weight is 539 g/mol. The molecule has 0 bridgehead atoms. The third-order valence-corrected chi connectivity index (χ3v) is 7.78. The highest BCUT2D eigenvalue weighted by Gasteiger charge is 2.32. The second-order valence-corrected chi connectivity index (χ2v) is 10.6. The van der Waals surface area contributed by atoms with Gasteiger partial charge in [-0.25, -0.2) is 4.99 Å². The number of allylic oxidation sites excluding steroid dienone is 1. The van der Waals surface area contributed by atoms with E-state index in [2.05, 4.69) is 5.32 Å². The van der Waals surface area contributed by atoms with Crippen molar-refractivity contribution in [3.05, 3.63) is 120 Å². The molecule has 0 unspecified atom stereocenters. The summed E-state index contributed by atoms with van der Waals surface area (Å²) >= 11 is 1.32. The molecule has 3 aromatic carbocycles. The molecule has 1 aliphatic heterocycles. The van der Waals surface area contributed by atoms with Crippen LogP contribution in [0.4, 0.5) is 11.4 Å². The summed E-state index contributed by atoms with van der Waals surface area (Å²) in [6.45, 7) is 3.77. The molecule has 1 amide bonds. The molecule has 2 heterocycles. The number of ether oxygens (including phenoxy) is 1. The van der Waals surface area contributed by atoms with Gasteiger partial charge in [0.15, 0.2) is 4.80 Å². The van der Waals surface area contributed by atoms with Gasteiger partial charge >= 0.3 is 0 Å². The van der Waals surface area contributed by atoms with Crippen molar-refractivity contribution in [1.29, 1.82) is 0 Å². The topological polar surface area (TPSA) is 75.9 Å². The fourth-order valence-electron chi connectivity index (χ4n) is 4.64. The summed E-state index contributed by atoms with van der Waals surface area (Å²) in [6, 6.07) is 22.5. The molecule has 7 nitrogen and oxygen atoms in total. The first-order valence-corrected chi connectivity index (χ1v) is 13.4. The highest BCUT2D eigenvalue weighted by molar-refractivity contribution is 7.07. The van der Waals surface area contributed by atoms with Gasteiger partial charge in [-0.3, -0.25) is 14.2 Å². The number of nitrogens with zero attached hydrogens (tertiary/aromatic N) is 3. The molecule has 1 atom stereocenters. The van der Waals surface area contributed by atoms with Crippen molar-refractivity contribution in [3.63, 3.8) is 0 Å². The molecule has 1 aliphatic rings. The normalized spacial score (nSPS) is 15.0. The van der Waals surface area contributed by atoms with Crippen molar-refractivity contribution in [2.24, 2.45) is 4.99 Å². The van der Waals surface area contributed by atoms with E-state index >= 15 is 0 Å². The molecule has 1 N–H and O–H groups in total. The number of thiazole rings is 1. The predicted octanol–water partition coefficient (Wildman–Crippen LogP) is 4.26. The lowest BCUT2D eigenvalue weighted by molar-refractivity contribution is -0.113. The third kappa shape index (κ3) is 5.15. The molecular formula is C31H30N4O3S. The number of aromatic nitrogens is 1. The van der Waals surface area contributed by atoms with E-state index in [1.54, 1.807) is 11.7 Å². The smallest absolute Gasteiger partial charge is 0.271 e. The van der Waals surface area contributed by atoms with E-state index in [-0.39, 0.29) is 11.5 Å². The Morgan fingerprint density at radius 1 is 1.03 bits per heavy atom. The lowest BCUT2D eigenvalue weighted by Crippen LogP contribution is -2.40. The number of benzene rings is 3. The number of carbonyl (C=O) groups is 1. The molecule has 0 fully saturated rings. The van der Waals surface area contributed by atoms with Crippen molar-refractivity contribution in [2.75, 3.05) is 31.4 Å². The molecule has 0 spiro atoms. The van der Waals surface area contributed by atoms with Gasteiger partial charge in [0, 0.05) is 25.5 Å². The first kappa shape index (κ1) is 26.2. The molecule has 8 heteroatoms. The van der Waals surface area contributed by atoms with Gasteiger partial charge in [0.1, 0.15) is 5.75 Å². The average Bonchev–Trinajstić information content (AvgIpc) is 3.23. The highest BCUT2D eigenvalue weighted by atomic mass is 32.1. The zero-order chi connectivity index (χ0) is 27.7. The fraction of sp³-hybridized carbons (Fsp3) is 0.194. The SMILES string of the molecule is COc1ccc(/C=c2/sc3n(c2=O)[C@@H](c2ccc(N(C)C)cc2)C(C(=O)Nc2ccccc2C)=C(C)N=3)cc1. The van der Waals surface area contributed by atoms with Crippen molar-refractivity contribution in [1.82, 2.24) is 4.57 Å². The van der Waals surface area contributed by atoms with Crippen LogP contribution in [0.25, 0.3) is 6.08 Å². The van der Waals surface area contributed by atoms with Gasteiger partial charge in [-0.15, -0.1) is 0 Å². The summed E-state index contributed by atoms with van der Waals surface area (Å²) in [5, 5.41) is 3.05. The Morgan fingerprint density at radius 3 is 2.36 bits per heavy atom. The molecule has 0 aliphatic carbocycles. The van der Waals surface area contributed by atoms with Gasteiger partial charge in [-0.1, -0.05) is 53.8 Å². The maximum absolute atomic E-state index is 13.9. The Hall–Kier alpha value is -4.43. The zero-order valence-corrected chi connectivity index (χ0v) is 23.4. The minimum Gasteiger partial charge on any atom is -0.497 e. The van der Waals surface area contributed by atoms with E-state index in [1.807, 2.05) is 112 Å². The summed E-state index contributed by atoms with van der Waals surface area (Å²) < 4.78 is 7.44. The summed E-state index contributed by atoms with van der Waals surface area (Å²) in [5.41, 5.74) is 5.25. The molecular weight excluding hydrogens is 508 g/mol. The van der Waals surface area contributed by atoms with E-state index in [4.69, 9.17) is 9.73 Å². The van der Waals surface area contributed by atoms with Crippen LogP contribution < -0.4 is 29.8 Å². The minimum absolute atomic E-state index is 0.190. The maximum Gasteiger partial charge on any atom is 0.271 e. The predicted molar refractivity (Wildman–Crippen MR) is 157 cm³/mol. The number of para-hydroxylation sites is 1. The molecule has 198 valence electrons. The number of carbonyl (C=O) groups excluding carboxylic acids is 1. The van der Waals surface area contributed by atoms with Crippen LogP contribution in [-0.4, -0.2) is 31.7 Å². The van der Waals surface area contributed by atoms with Crippen LogP contribution in [0.5, 0.6) is 5.75 Å². The molecule has 0 saturated heterocycles. The number of rotatable bonds is 6. The van der Waals surface area contributed by atoms with Gasteiger partial charge in [0.25, 0.3) is 11.5 Å². The van der Waals surface area contributed by atoms with Crippen molar-refractivity contribution < 1.29 is 9.53 Å². The Morgan fingerprint density at radius 2 is 1.72 bits per heavy atom. The molecule has 0 saturated carbocycles. The van der Waals surface area contributed by atoms with Gasteiger partial charge < -0.3 is 15.0 Å². The summed E-state index contributed by atoms with van der Waals surface area (Å²) in [4.78, 5) is 35.0. The van der Waals surface area contributed by atoms with Crippen LogP contribution in [-0.2, 0) is 4.79 Å². The number of fused-ring (bicyclic) bond motifs is 1. The number of hydrogen-bond acceptors (Lipinski definition) is 6. The second kappa shape index (κ2) is 10.7. The number of amides is 1. The van der Waals surface area contributed by atoms with Crippen molar-refractivity contribution in [2.45, 2.75) is 19.9 Å².